The van der Waals surface area contributed by atoms with Crippen molar-refractivity contribution in [2.75, 3.05) is 31.4 Å². The molecule has 1 heterocycles. The Morgan fingerprint density at radius 2 is 1.94 bits per heavy atom. The van der Waals surface area contributed by atoms with Gasteiger partial charge in [-0.1, -0.05) is 32.4 Å². The highest BCUT2D eigenvalue weighted by atomic mass is 32.2. The summed E-state index contributed by atoms with van der Waals surface area (Å²) in [5.41, 5.74) is 0.879. The van der Waals surface area contributed by atoms with Crippen molar-refractivity contribution < 1.29 is 27.5 Å². The number of esters is 1. The van der Waals surface area contributed by atoms with Gasteiger partial charge in [0.05, 0.1) is 30.7 Å². The second-order valence-corrected chi connectivity index (χ2v) is 9.58. The molecule has 1 aliphatic heterocycles. The number of hydrogen-bond acceptors (Lipinski definition) is 7. The summed E-state index contributed by atoms with van der Waals surface area (Å²) in [7, 11) is -1.01. The molecule has 0 spiro atoms. The Kier molecular flexibility index (Phi) is 7.27. The number of carbonyl (C=O) groups is 2. The normalized spacial score (nSPS) is 16.4. The Hall–Kier alpha value is -3.53. The number of anilines is 2. The largest absolute Gasteiger partial charge is 0.495 e. The van der Waals surface area contributed by atoms with Gasteiger partial charge in [-0.15, -0.1) is 0 Å². The number of rotatable bonds is 7. The molecule has 2 aromatic carbocycles. The number of ether oxygens (including phenoxy) is 2. The van der Waals surface area contributed by atoms with E-state index in [-0.39, 0.29) is 27.9 Å². The Morgan fingerprint density at radius 3 is 2.64 bits per heavy atom. The van der Waals surface area contributed by atoms with Crippen LogP contribution in [0.15, 0.2) is 59.3 Å². The summed E-state index contributed by atoms with van der Waals surface area (Å²) in [5.74, 6) is -0.470. The molecule has 2 aromatic rings. The minimum atomic E-state index is -3.80. The zero-order chi connectivity index (χ0) is 24.2. The summed E-state index contributed by atoms with van der Waals surface area (Å²) in [6, 6.07) is 11.0. The molecule has 1 atom stereocenters. The van der Waals surface area contributed by atoms with Crippen molar-refractivity contribution in [3.05, 3.63) is 59.9 Å². The number of amides is 1. The average molecular weight is 474 g/mol. The van der Waals surface area contributed by atoms with Crippen molar-refractivity contribution in [3.63, 3.8) is 0 Å². The van der Waals surface area contributed by atoms with E-state index in [9.17, 15) is 18.0 Å². The number of methoxy groups -OCH3 is 1. The van der Waals surface area contributed by atoms with Crippen LogP contribution in [0.25, 0.3) is 0 Å². The van der Waals surface area contributed by atoms with Gasteiger partial charge in [-0.2, -0.15) is 0 Å². The summed E-state index contributed by atoms with van der Waals surface area (Å²) >= 11 is 0. The van der Waals surface area contributed by atoms with Gasteiger partial charge in [-0.05, 0) is 36.2 Å². The smallest absolute Gasteiger partial charge is 0.338 e. The van der Waals surface area contributed by atoms with Crippen molar-refractivity contribution in [3.8, 4) is 5.75 Å². The van der Waals surface area contributed by atoms with Crippen LogP contribution < -0.4 is 15.4 Å². The van der Waals surface area contributed by atoms with Crippen LogP contribution in [0, 0.1) is 5.92 Å². The van der Waals surface area contributed by atoms with E-state index in [0.717, 1.165) is 16.8 Å². The third-order valence-corrected chi connectivity index (χ3v) is 7.11. The predicted molar refractivity (Wildman–Crippen MR) is 124 cm³/mol. The summed E-state index contributed by atoms with van der Waals surface area (Å²) < 4.78 is 37.1. The van der Waals surface area contributed by atoms with Gasteiger partial charge >= 0.3 is 5.97 Å². The van der Waals surface area contributed by atoms with E-state index in [1.165, 1.54) is 26.3 Å². The van der Waals surface area contributed by atoms with Crippen molar-refractivity contribution in [2.24, 2.45) is 5.92 Å². The molecule has 0 radical (unpaired) electrons. The second kappa shape index (κ2) is 9.95. The highest BCUT2D eigenvalue weighted by Crippen LogP contribution is 2.32. The third-order valence-electron chi connectivity index (χ3n) is 5.28. The van der Waals surface area contributed by atoms with E-state index >= 15 is 0 Å². The standard InChI is InChI=1S/C23H27N3O6S/c1-5-15(2)14-32-23(28)16-10-11-19(31-4)18(12-16)25-22(27)13-21-24-17-8-6-7-9-20(17)33(29,30)26(21)3/h6-13,15,24H,5,14H2,1-4H3,(H,25,27)/b21-13-. The molecule has 33 heavy (non-hydrogen) atoms. The number of hydrogen-bond donors (Lipinski definition) is 2. The molecule has 1 amide bonds. The number of fused-ring (bicyclic) bond motifs is 1. The number of para-hydroxylation sites is 1. The molecule has 0 bridgehead atoms. The van der Waals surface area contributed by atoms with Crippen molar-refractivity contribution in [1.82, 2.24) is 4.31 Å². The van der Waals surface area contributed by atoms with Crippen LogP contribution in [0.4, 0.5) is 11.4 Å². The second-order valence-electron chi connectivity index (χ2n) is 7.64. The summed E-state index contributed by atoms with van der Waals surface area (Å²) in [4.78, 5) is 25.2. The molecule has 176 valence electrons. The van der Waals surface area contributed by atoms with Crippen LogP contribution in [-0.4, -0.2) is 45.4 Å². The molecular weight excluding hydrogens is 446 g/mol. The van der Waals surface area contributed by atoms with Gasteiger partial charge in [0.25, 0.3) is 15.9 Å². The summed E-state index contributed by atoms with van der Waals surface area (Å²) in [6.07, 6.45) is 2.01. The first kappa shape index (κ1) is 24.1. The monoisotopic (exact) mass is 473 g/mol. The topological polar surface area (TPSA) is 114 Å². The molecule has 1 aliphatic rings. The number of benzene rings is 2. The molecule has 3 rings (SSSR count). The van der Waals surface area contributed by atoms with E-state index in [1.54, 1.807) is 30.3 Å². The molecule has 0 aliphatic carbocycles. The lowest BCUT2D eigenvalue weighted by Crippen LogP contribution is -2.35. The van der Waals surface area contributed by atoms with Crippen molar-refractivity contribution in [1.29, 1.82) is 0 Å². The Morgan fingerprint density at radius 1 is 1.21 bits per heavy atom. The molecule has 10 heteroatoms. The van der Waals surface area contributed by atoms with Crippen molar-refractivity contribution >= 4 is 33.3 Å². The van der Waals surface area contributed by atoms with Crippen LogP contribution in [-0.2, 0) is 19.6 Å². The van der Waals surface area contributed by atoms with Crippen LogP contribution in [0.1, 0.15) is 30.6 Å². The maximum Gasteiger partial charge on any atom is 0.338 e. The Balaban J connectivity index is 1.82. The fourth-order valence-corrected chi connectivity index (χ4v) is 4.36. The lowest BCUT2D eigenvalue weighted by Gasteiger charge is -2.30. The highest BCUT2D eigenvalue weighted by Gasteiger charge is 2.31. The first-order valence-electron chi connectivity index (χ1n) is 10.4. The first-order valence-corrected chi connectivity index (χ1v) is 11.8. The minimum absolute atomic E-state index is 0.0780. The average Bonchev–Trinajstić information content (AvgIpc) is 2.80. The van der Waals surface area contributed by atoms with Crippen LogP contribution in [0.3, 0.4) is 0 Å². The number of sulfonamides is 1. The first-order chi connectivity index (χ1) is 15.7. The van der Waals surface area contributed by atoms with E-state index in [4.69, 9.17) is 9.47 Å². The van der Waals surface area contributed by atoms with Gasteiger partial charge in [0, 0.05) is 13.1 Å². The number of nitrogens with zero attached hydrogens (tertiary/aromatic N) is 1. The fraction of sp³-hybridized carbons (Fsp3) is 0.304. The zero-order valence-electron chi connectivity index (χ0n) is 18.9. The van der Waals surface area contributed by atoms with E-state index in [0.29, 0.717) is 18.0 Å². The zero-order valence-corrected chi connectivity index (χ0v) is 19.7. The maximum absolute atomic E-state index is 12.7. The van der Waals surface area contributed by atoms with Crippen molar-refractivity contribution in [2.45, 2.75) is 25.2 Å². The van der Waals surface area contributed by atoms with Gasteiger partial charge < -0.3 is 20.1 Å². The molecule has 0 saturated heterocycles. The minimum Gasteiger partial charge on any atom is -0.495 e. The third kappa shape index (κ3) is 5.28. The molecule has 1 unspecified atom stereocenters. The molecule has 0 fully saturated rings. The highest BCUT2D eigenvalue weighted by molar-refractivity contribution is 7.89. The van der Waals surface area contributed by atoms with Gasteiger partial charge in [0.15, 0.2) is 0 Å². The lowest BCUT2D eigenvalue weighted by atomic mass is 10.1. The fourth-order valence-electron chi connectivity index (χ4n) is 3.06. The number of carbonyl (C=O) groups excluding carboxylic acids is 2. The quantitative estimate of drug-likeness (QED) is 0.468. The Labute approximate surface area is 193 Å². The van der Waals surface area contributed by atoms with E-state index < -0.39 is 21.9 Å². The molecule has 0 saturated carbocycles. The lowest BCUT2D eigenvalue weighted by molar-refractivity contribution is -0.112. The van der Waals surface area contributed by atoms with Crippen LogP contribution in [0.5, 0.6) is 5.75 Å². The Bertz CT molecular complexity index is 1190. The van der Waals surface area contributed by atoms with E-state index in [1.807, 2.05) is 13.8 Å². The van der Waals surface area contributed by atoms with Gasteiger partial charge in [0.1, 0.15) is 16.5 Å². The SMILES string of the molecule is CCC(C)COC(=O)c1ccc(OC)c(NC(=O)/C=C2/Nc3ccccc3S(=O)(=O)N2C)c1. The van der Waals surface area contributed by atoms with Gasteiger partial charge in [-0.3, -0.25) is 9.10 Å². The van der Waals surface area contributed by atoms with Gasteiger partial charge in [-0.25, -0.2) is 13.2 Å². The predicted octanol–water partition coefficient (Wildman–Crippen LogP) is 3.42. The van der Waals surface area contributed by atoms with Crippen LogP contribution in [0.2, 0.25) is 0 Å². The molecule has 0 aromatic heterocycles. The maximum atomic E-state index is 12.7. The number of nitrogens with one attached hydrogen (secondary N) is 2. The summed E-state index contributed by atoms with van der Waals surface area (Å²) in [6.45, 7) is 4.29. The van der Waals surface area contributed by atoms with Gasteiger partial charge in [0.2, 0.25) is 0 Å². The van der Waals surface area contributed by atoms with Crippen LogP contribution >= 0.6 is 0 Å². The molecule has 2 N–H and O–H groups in total. The summed E-state index contributed by atoms with van der Waals surface area (Å²) in [5, 5.41) is 5.59. The molecular formula is C23H27N3O6S. The van der Waals surface area contributed by atoms with E-state index in [2.05, 4.69) is 10.6 Å². The molecule has 9 nitrogen and oxygen atoms in total.